The predicted molar refractivity (Wildman–Crippen MR) is 77.5 cm³/mol. The van der Waals surface area contributed by atoms with Gasteiger partial charge in [0.25, 0.3) is 0 Å². The fourth-order valence-electron chi connectivity index (χ4n) is 1.88. The second-order valence-electron chi connectivity index (χ2n) is 4.33. The van der Waals surface area contributed by atoms with Crippen molar-refractivity contribution < 1.29 is 4.79 Å². The van der Waals surface area contributed by atoms with Gasteiger partial charge >= 0.3 is 0 Å². The maximum Gasteiger partial charge on any atom is 0.239 e. The number of rotatable bonds is 7. The van der Waals surface area contributed by atoms with E-state index in [1.165, 1.54) is 6.33 Å². The SMILES string of the molecule is CCCNC(=O)CN(C)c1ncnc(NC)c1CC. The molecule has 0 aliphatic rings. The molecule has 0 bridgehead atoms. The monoisotopic (exact) mass is 265 g/mol. The van der Waals surface area contributed by atoms with E-state index < -0.39 is 0 Å². The Morgan fingerprint density at radius 2 is 2.11 bits per heavy atom. The first kappa shape index (κ1) is 15.2. The lowest BCUT2D eigenvalue weighted by molar-refractivity contribution is -0.119. The van der Waals surface area contributed by atoms with Crippen LogP contribution < -0.4 is 15.5 Å². The molecular formula is C13H23N5O. The molecule has 106 valence electrons. The van der Waals surface area contributed by atoms with Crippen molar-refractivity contribution in [3.8, 4) is 0 Å². The van der Waals surface area contributed by atoms with Crippen molar-refractivity contribution in [2.45, 2.75) is 26.7 Å². The molecule has 6 nitrogen and oxygen atoms in total. The molecule has 1 rings (SSSR count). The Kier molecular flexibility index (Phi) is 6.05. The molecule has 0 atom stereocenters. The zero-order valence-corrected chi connectivity index (χ0v) is 12.2. The second kappa shape index (κ2) is 7.56. The van der Waals surface area contributed by atoms with Crippen LogP contribution in [0.5, 0.6) is 0 Å². The number of hydrogen-bond donors (Lipinski definition) is 2. The standard InChI is InChI=1S/C13H23N5O/c1-5-7-15-11(19)8-18(4)13-10(6-2)12(14-3)16-9-17-13/h9H,5-8H2,1-4H3,(H,15,19)(H,14,16,17). The van der Waals surface area contributed by atoms with Crippen LogP contribution in [0.25, 0.3) is 0 Å². The van der Waals surface area contributed by atoms with Gasteiger partial charge in [0.05, 0.1) is 6.54 Å². The highest BCUT2D eigenvalue weighted by Gasteiger charge is 2.14. The Hall–Kier alpha value is -1.85. The van der Waals surface area contributed by atoms with Crippen molar-refractivity contribution in [1.29, 1.82) is 0 Å². The normalized spacial score (nSPS) is 10.1. The molecule has 0 saturated carbocycles. The average Bonchev–Trinajstić information content (AvgIpc) is 2.43. The molecule has 0 aliphatic heterocycles. The van der Waals surface area contributed by atoms with E-state index in [4.69, 9.17) is 0 Å². The van der Waals surface area contributed by atoms with Crippen molar-refractivity contribution in [2.24, 2.45) is 0 Å². The zero-order valence-electron chi connectivity index (χ0n) is 12.2. The molecule has 19 heavy (non-hydrogen) atoms. The summed E-state index contributed by atoms with van der Waals surface area (Å²) in [4.78, 5) is 22.1. The van der Waals surface area contributed by atoms with E-state index in [1.54, 1.807) is 0 Å². The van der Waals surface area contributed by atoms with Gasteiger partial charge in [-0.2, -0.15) is 0 Å². The number of amides is 1. The van der Waals surface area contributed by atoms with Crippen LogP contribution in [0, 0.1) is 0 Å². The van der Waals surface area contributed by atoms with E-state index in [-0.39, 0.29) is 5.91 Å². The number of carbonyl (C=O) groups excluding carboxylic acids is 1. The Balaban J connectivity index is 2.81. The van der Waals surface area contributed by atoms with Crippen molar-refractivity contribution in [3.05, 3.63) is 11.9 Å². The number of aromatic nitrogens is 2. The largest absolute Gasteiger partial charge is 0.373 e. The molecule has 1 aromatic rings. The molecule has 0 fully saturated rings. The minimum absolute atomic E-state index is 0.0102. The van der Waals surface area contributed by atoms with Gasteiger partial charge in [-0.05, 0) is 12.8 Å². The van der Waals surface area contributed by atoms with Gasteiger partial charge in [-0.1, -0.05) is 13.8 Å². The molecular weight excluding hydrogens is 242 g/mol. The molecule has 1 aromatic heterocycles. The van der Waals surface area contributed by atoms with E-state index in [0.717, 1.165) is 30.0 Å². The van der Waals surface area contributed by atoms with Crippen LogP contribution in [-0.2, 0) is 11.2 Å². The lowest BCUT2D eigenvalue weighted by Crippen LogP contribution is -2.36. The summed E-state index contributed by atoms with van der Waals surface area (Å²) in [5, 5.41) is 5.91. The number of likely N-dealkylation sites (N-methyl/N-ethyl adjacent to an activating group) is 1. The number of hydrogen-bond acceptors (Lipinski definition) is 5. The van der Waals surface area contributed by atoms with Crippen molar-refractivity contribution in [2.75, 3.05) is 37.4 Å². The van der Waals surface area contributed by atoms with Gasteiger partial charge in [0.2, 0.25) is 5.91 Å². The lowest BCUT2D eigenvalue weighted by atomic mass is 10.2. The maximum absolute atomic E-state index is 11.7. The smallest absolute Gasteiger partial charge is 0.239 e. The number of carbonyl (C=O) groups is 1. The molecule has 0 aromatic carbocycles. The Morgan fingerprint density at radius 3 is 2.68 bits per heavy atom. The van der Waals surface area contributed by atoms with E-state index in [1.807, 2.05) is 32.8 Å². The van der Waals surface area contributed by atoms with Gasteiger partial charge in [0, 0.05) is 26.2 Å². The maximum atomic E-state index is 11.7. The van der Waals surface area contributed by atoms with E-state index >= 15 is 0 Å². The molecule has 0 unspecified atom stereocenters. The first-order chi connectivity index (χ1) is 9.13. The van der Waals surface area contributed by atoms with Crippen molar-refractivity contribution >= 4 is 17.5 Å². The van der Waals surface area contributed by atoms with Crippen molar-refractivity contribution in [3.63, 3.8) is 0 Å². The molecule has 1 heterocycles. The highest BCUT2D eigenvalue weighted by atomic mass is 16.2. The van der Waals surface area contributed by atoms with Crippen LogP contribution in [0.3, 0.4) is 0 Å². The topological polar surface area (TPSA) is 70.2 Å². The molecule has 0 aliphatic carbocycles. The highest BCUT2D eigenvalue weighted by molar-refractivity contribution is 5.81. The average molecular weight is 265 g/mol. The summed E-state index contributed by atoms with van der Waals surface area (Å²) in [5.41, 5.74) is 1.02. The summed E-state index contributed by atoms with van der Waals surface area (Å²) in [6.07, 6.45) is 3.26. The number of nitrogens with one attached hydrogen (secondary N) is 2. The molecule has 2 N–H and O–H groups in total. The predicted octanol–water partition coefficient (Wildman–Crippen LogP) is 1.04. The van der Waals surface area contributed by atoms with Crippen LogP contribution in [0.2, 0.25) is 0 Å². The van der Waals surface area contributed by atoms with Crippen LogP contribution >= 0.6 is 0 Å². The molecule has 0 spiro atoms. The summed E-state index contributed by atoms with van der Waals surface area (Å²) in [7, 11) is 3.70. The third-order valence-electron chi connectivity index (χ3n) is 2.83. The van der Waals surface area contributed by atoms with Gasteiger partial charge < -0.3 is 15.5 Å². The van der Waals surface area contributed by atoms with Gasteiger partial charge in [0.1, 0.15) is 18.0 Å². The molecule has 1 amide bonds. The Morgan fingerprint density at radius 1 is 1.37 bits per heavy atom. The van der Waals surface area contributed by atoms with Crippen LogP contribution in [0.1, 0.15) is 25.8 Å². The van der Waals surface area contributed by atoms with Gasteiger partial charge in [-0.25, -0.2) is 9.97 Å². The minimum atomic E-state index is 0.0102. The highest BCUT2D eigenvalue weighted by Crippen LogP contribution is 2.22. The third kappa shape index (κ3) is 4.08. The number of nitrogens with zero attached hydrogens (tertiary/aromatic N) is 3. The van der Waals surface area contributed by atoms with Crippen LogP contribution in [0.15, 0.2) is 6.33 Å². The summed E-state index contributed by atoms with van der Waals surface area (Å²) in [6, 6.07) is 0. The van der Waals surface area contributed by atoms with Gasteiger partial charge in [-0.15, -0.1) is 0 Å². The molecule has 0 saturated heterocycles. The fourth-order valence-corrected chi connectivity index (χ4v) is 1.88. The van der Waals surface area contributed by atoms with E-state index in [9.17, 15) is 4.79 Å². The lowest BCUT2D eigenvalue weighted by Gasteiger charge is -2.21. The van der Waals surface area contributed by atoms with Gasteiger partial charge in [-0.3, -0.25) is 4.79 Å². The summed E-state index contributed by atoms with van der Waals surface area (Å²) in [5.74, 6) is 1.62. The van der Waals surface area contributed by atoms with Crippen LogP contribution in [-0.4, -0.2) is 43.1 Å². The molecule has 6 heteroatoms. The van der Waals surface area contributed by atoms with E-state index in [0.29, 0.717) is 13.1 Å². The Labute approximate surface area is 114 Å². The first-order valence-corrected chi connectivity index (χ1v) is 6.63. The first-order valence-electron chi connectivity index (χ1n) is 6.63. The summed E-state index contributed by atoms with van der Waals surface area (Å²) in [6.45, 7) is 5.09. The Bertz CT molecular complexity index is 421. The summed E-state index contributed by atoms with van der Waals surface area (Å²) >= 11 is 0. The minimum Gasteiger partial charge on any atom is -0.373 e. The van der Waals surface area contributed by atoms with Crippen molar-refractivity contribution in [1.82, 2.24) is 15.3 Å². The van der Waals surface area contributed by atoms with Crippen LogP contribution in [0.4, 0.5) is 11.6 Å². The quantitative estimate of drug-likeness (QED) is 0.771. The zero-order chi connectivity index (χ0) is 14.3. The fraction of sp³-hybridized carbons (Fsp3) is 0.615. The molecule has 0 radical (unpaired) electrons. The number of anilines is 2. The van der Waals surface area contributed by atoms with Gasteiger partial charge in [0.15, 0.2) is 0 Å². The second-order valence-corrected chi connectivity index (χ2v) is 4.33. The van der Waals surface area contributed by atoms with E-state index in [2.05, 4.69) is 20.6 Å². The third-order valence-corrected chi connectivity index (χ3v) is 2.83. The summed E-state index contributed by atoms with van der Waals surface area (Å²) < 4.78 is 0.